The number of hydrogen-bond donors (Lipinski definition) is 2. The molecule has 0 radical (unpaired) electrons. The van der Waals surface area contributed by atoms with Gasteiger partial charge in [-0.3, -0.25) is 14.5 Å². The molecule has 1 aromatic rings. The van der Waals surface area contributed by atoms with Crippen molar-refractivity contribution >= 4 is 29.1 Å². The summed E-state index contributed by atoms with van der Waals surface area (Å²) in [6.45, 7) is 0.769. The lowest BCUT2D eigenvalue weighted by Gasteiger charge is -2.17. The molecule has 0 fully saturated rings. The van der Waals surface area contributed by atoms with Crippen LogP contribution in [-0.2, 0) is 9.59 Å². The van der Waals surface area contributed by atoms with E-state index in [4.69, 9.17) is 11.6 Å². The minimum absolute atomic E-state index is 0.0155. The van der Waals surface area contributed by atoms with Crippen molar-refractivity contribution in [3.63, 3.8) is 0 Å². The van der Waals surface area contributed by atoms with Crippen molar-refractivity contribution in [3.8, 4) is 5.75 Å². The van der Waals surface area contributed by atoms with Gasteiger partial charge in [0.2, 0.25) is 11.8 Å². The molecule has 0 saturated carbocycles. The summed E-state index contributed by atoms with van der Waals surface area (Å²) in [5.41, 5.74) is 0.339. The Kier molecular flexibility index (Phi) is 7.87. The molecular weight excluding hydrogens is 344 g/mol. The molecule has 1 rings (SSSR count). The number of ether oxygens (including phenoxy) is 1. The largest absolute Gasteiger partial charge is 0.433 e. The first kappa shape index (κ1) is 20.1. The normalized spacial score (nSPS) is 11.0. The molecule has 0 saturated heterocycles. The van der Waals surface area contributed by atoms with Gasteiger partial charge in [-0.25, -0.2) is 0 Å². The predicted molar refractivity (Wildman–Crippen MR) is 87.5 cm³/mol. The molecule has 0 aromatic heterocycles. The Hall–Kier alpha value is -1.93. The van der Waals surface area contributed by atoms with E-state index < -0.39 is 6.61 Å². The summed E-state index contributed by atoms with van der Waals surface area (Å²) in [5.74, 6) is -0.725. The van der Waals surface area contributed by atoms with Crippen LogP contribution in [-0.4, -0.2) is 49.5 Å². The van der Waals surface area contributed by atoms with Gasteiger partial charge in [0.05, 0.1) is 18.1 Å². The Morgan fingerprint density at radius 1 is 1.25 bits per heavy atom. The molecular formula is C15H20ClF2N3O3. The SMILES string of the molecule is CC(C)NC(=O)CN(C)CC(=O)Nc1ccc(OC(F)F)c(Cl)c1. The van der Waals surface area contributed by atoms with Crippen molar-refractivity contribution in [1.29, 1.82) is 0 Å². The zero-order chi connectivity index (χ0) is 18.3. The number of alkyl halides is 2. The Morgan fingerprint density at radius 2 is 1.88 bits per heavy atom. The smallest absolute Gasteiger partial charge is 0.387 e. The molecule has 0 atom stereocenters. The number of amides is 2. The number of carbonyl (C=O) groups is 2. The van der Waals surface area contributed by atoms with Crippen LogP contribution in [0.4, 0.5) is 14.5 Å². The maximum atomic E-state index is 12.1. The number of hydrogen-bond acceptors (Lipinski definition) is 4. The molecule has 0 aliphatic carbocycles. The molecule has 0 heterocycles. The molecule has 0 bridgehead atoms. The van der Waals surface area contributed by atoms with E-state index in [9.17, 15) is 18.4 Å². The first-order chi connectivity index (χ1) is 11.2. The second kappa shape index (κ2) is 9.39. The minimum atomic E-state index is -2.98. The lowest BCUT2D eigenvalue weighted by molar-refractivity contribution is -0.123. The molecule has 0 aliphatic heterocycles. The van der Waals surface area contributed by atoms with Gasteiger partial charge < -0.3 is 15.4 Å². The van der Waals surface area contributed by atoms with Crippen LogP contribution in [0.15, 0.2) is 18.2 Å². The lowest BCUT2D eigenvalue weighted by Crippen LogP contribution is -2.41. The van der Waals surface area contributed by atoms with Crippen molar-refractivity contribution in [2.24, 2.45) is 0 Å². The van der Waals surface area contributed by atoms with Crippen LogP contribution in [0, 0.1) is 0 Å². The summed E-state index contributed by atoms with van der Waals surface area (Å²) in [4.78, 5) is 25.1. The van der Waals surface area contributed by atoms with Crippen LogP contribution in [0.1, 0.15) is 13.8 Å². The first-order valence-electron chi connectivity index (χ1n) is 7.19. The van der Waals surface area contributed by atoms with Crippen LogP contribution < -0.4 is 15.4 Å². The first-order valence-corrected chi connectivity index (χ1v) is 7.57. The molecule has 6 nitrogen and oxygen atoms in total. The highest BCUT2D eigenvalue weighted by Gasteiger charge is 2.13. The number of nitrogens with one attached hydrogen (secondary N) is 2. The number of anilines is 1. The quantitative estimate of drug-likeness (QED) is 0.743. The van der Waals surface area contributed by atoms with E-state index >= 15 is 0 Å². The van der Waals surface area contributed by atoms with Crippen molar-refractivity contribution in [2.75, 3.05) is 25.5 Å². The summed E-state index contributed by atoms with van der Waals surface area (Å²) >= 11 is 5.81. The van der Waals surface area contributed by atoms with Gasteiger partial charge in [0.1, 0.15) is 5.75 Å². The van der Waals surface area contributed by atoms with E-state index in [1.807, 2.05) is 13.8 Å². The van der Waals surface area contributed by atoms with Crippen molar-refractivity contribution in [2.45, 2.75) is 26.5 Å². The fraction of sp³-hybridized carbons (Fsp3) is 0.467. The number of carbonyl (C=O) groups excluding carboxylic acids is 2. The Morgan fingerprint density at radius 3 is 2.42 bits per heavy atom. The van der Waals surface area contributed by atoms with Crippen molar-refractivity contribution < 1.29 is 23.1 Å². The van der Waals surface area contributed by atoms with E-state index in [2.05, 4.69) is 15.4 Å². The van der Waals surface area contributed by atoms with E-state index in [1.165, 1.54) is 18.2 Å². The van der Waals surface area contributed by atoms with Crippen LogP contribution in [0.2, 0.25) is 5.02 Å². The standard InChI is InChI=1S/C15H20ClF2N3O3/c1-9(2)19-13(22)7-21(3)8-14(23)20-10-4-5-12(11(16)6-10)24-15(17)18/h4-6,9,15H,7-8H2,1-3H3,(H,19,22)(H,20,23). The zero-order valence-corrected chi connectivity index (χ0v) is 14.4. The molecule has 0 unspecified atom stereocenters. The third-order valence-electron chi connectivity index (χ3n) is 2.71. The van der Waals surface area contributed by atoms with E-state index in [0.717, 1.165) is 0 Å². The van der Waals surface area contributed by atoms with Gasteiger partial charge in [-0.15, -0.1) is 0 Å². The maximum absolute atomic E-state index is 12.1. The van der Waals surface area contributed by atoms with Gasteiger partial charge in [0, 0.05) is 11.7 Å². The van der Waals surface area contributed by atoms with Gasteiger partial charge in [-0.2, -0.15) is 8.78 Å². The van der Waals surface area contributed by atoms with Gasteiger partial charge >= 0.3 is 6.61 Å². The molecule has 24 heavy (non-hydrogen) atoms. The molecule has 134 valence electrons. The maximum Gasteiger partial charge on any atom is 0.387 e. The molecule has 1 aromatic carbocycles. The lowest BCUT2D eigenvalue weighted by atomic mass is 10.3. The average molecular weight is 364 g/mol. The Balaban J connectivity index is 2.52. The van der Waals surface area contributed by atoms with Crippen molar-refractivity contribution in [1.82, 2.24) is 10.2 Å². The van der Waals surface area contributed by atoms with Crippen LogP contribution in [0.5, 0.6) is 5.75 Å². The number of nitrogens with zero attached hydrogens (tertiary/aromatic N) is 1. The monoisotopic (exact) mass is 363 g/mol. The number of likely N-dealkylation sites (N-methyl/N-ethyl adjacent to an activating group) is 1. The molecule has 2 amide bonds. The third-order valence-corrected chi connectivity index (χ3v) is 3.00. The molecule has 9 heteroatoms. The van der Waals surface area contributed by atoms with Gasteiger partial charge in [0.25, 0.3) is 0 Å². The molecule has 0 aliphatic rings. The number of halogens is 3. The van der Waals surface area contributed by atoms with Gasteiger partial charge in [0.15, 0.2) is 0 Å². The van der Waals surface area contributed by atoms with Crippen LogP contribution in [0.3, 0.4) is 0 Å². The highest BCUT2D eigenvalue weighted by atomic mass is 35.5. The zero-order valence-electron chi connectivity index (χ0n) is 13.6. The Labute approximate surface area is 144 Å². The van der Waals surface area contributed by atoms with Gasteiger partial charge in [-0.05, 0) is 39.1 Å². The van der Waals surface area contributed by atoms with E-state index in [-0.39, 0.29) is 41.7 Å². The summed E-state index contributed by atoms with van der Waals surface area (Å²) < 4.78 is 28.5. The van der Waals surface area contributed by atoms with Crippen molar-refractivity contribution in [3.05, 3.63) is 23.2 Å². The highest BCUT2D eigenvalue weighted by Crippen LogP contribution is 2.28. The van der Waals surface area contributed by atoms with E-state index in [0.29, 0.717) is 5.69 Å². The Bertz CT molecular complexity index is 585. The number of rotatable bonds is 8. The second-order valence-corrected chi connectivity index (χ2v) is 5.87. The minimum Gasteiger partial charge on any atom is -0.433 e. The fourth-order valence-electron chi connectivity index (χ4n) is 1.88. The topological polar surface area (TPSA) is 70.7 Å². The number of benzene rings is 1. The predicted octanol–water partition coefficient (Wildman–Crippen LogP) is 2.34. The van der Waals surface area contributed by atoms with E-state index in [1.54, 1.807) is 11.9 Å². The molecule has 0 spiro atoms. The highest BCUT2D eigenvalue weighted by molar-refractivity contribution is 6.32. The molecule has 2 N–H and O–H groups in total. The average Bonchev–Trinajstić information content (AvgIpc) is 2.39. The summed E-state index contributed by atoms with van der Waals surface area (Å²) in [5, 5.41) is 5.25. The van der Waals surface area contributed by atoms with Crippen LogP contribution in [0.25, 0.3) is 0 Å². The summed E-state index contributed by atoms with van der Waals surface area (Å²) in [7, 11) is 1.63. The summed E-state index contributed by atoms with van der Waals surface area (Å²) in [6.07, 6.45) is 0. The fourth-order valence-corrected chi connectivity index (χ4v) is 2.11. The van der Waals surface area contributed by atoms with Crippen LogP contribution >= 0.6 is 11.6 Å². The second-order valence-electron chi connectivity index (χ2n) is 5.47. The third kappa shape index (κ3) is 7.56. The summed E-state index contributed by atoms with van der Waals surface area (Å²) in [6, 6.07) is 3.97. The van der Waals surface area contributed by atoms with Gasteiger partial charge in [-0.1, -0.05) is 11.6 Å².